The van der Waals surface area contributed by atoms with E-state index < -0.39 is 0 Å². The van der Waals surface area contributed by atoms with Crippen molar-refractivity contribution in [3.63, 3.8) is 0 Å². The molecule has 2 atom stereocenters. The van der Waals surface area contributed by atoms with E-state index in [1.807, 2.05) is 23.7 Å². The molecule has 5 nitrogen and oxygen atoms in total. The number of ether oxygens (including phenoxy) is 1. The molecule has 2 saturated heterocycles. The van der Waals surface area contributed by atoms with Crippen molar-refractivity contribution in [1.82, 2.24) is 15.1 Å². The molecule has 24 heavy (non-hydrogen) atoms. The molecule has 2 aliphatic heterocycles. The van der Waals surface area contributed by atoms with Gasteiger partial charge in [0.2, 0.25) is 5.91 Å². The molecule has 1 aromatic heterocycles. The molecule has 134 valence electrons. The predicted octanol–water partition coefficient (Wildman–Crippen LogP) is 1.67. The van der Waals surface area contributed by atoms with Crippen LogP contribution in [0.1, 0.15) is 17.3 Å². The lowest BCUT2D eigenvalue weighted by Crippen LogP contribution is -2.46. The van der Waals surface area contributed by atoms with Crippen LogP contribution in [0.25, 0.3) is 0 Å². The summed E-state index contributed by atoms with van der Waals surface area (Å²) in [6.45, 7) is 5.19. The van der Waals surface area contributed by atoms with Gasteiger partial charge in [-0.2, -0.15) is 11.8 Å². The average Bonchev–Trinajstić information content (AvgIpc) is 3.15. The summed E-state index contributed by atoms with van der Waals surface area (Å²) >= 11 is 3.72. The van der Waals surface area contributed by atoms with Gasteiger partial charge in [0.15, 0.2) is 0 Å². The highest BCUT2D eigenvalue weighted by molar-refractivity contribution is 7.99. The number of thioether (sulfide) groups is 1. The first-order chi connectivity index (χ1) is 11.7. The lowest BCUT2D eigenvalue weighted by molar-refractivity contribution is -0.131. The van der Waals surface area contributed by atoms with Crippen LogP contribution < -0.4 is 5.32 Å². The minimum atomic E-state index is 0.241. The van der Waals surface area contributed by atoms with E-state index in [0.29, 0.717) is 12.5 Å². The van der Waals surface area contributed by atoms with Gasteiger partial charge in [0.05, 0.1) is 19.3 Å². The van der Waals surface area contributed by atoms with Gasteiger partial charge in [0.25, 0.3) is 0 Å². The largest absolute Gasteiger partial charge is 0.379 e. The molecule has 0 bridgehead atoms. The number of thiophene rings is 1. The minimum absolute atomic E-state index is 0.241. The summed E-state index contributed by atoms with van der Waals surface area (Å²) in [7, 11) is 1.94. The number of nitrogens with zero attached hydrogens (tertiary/aromatic N) is 2. The van der Waals surface area contributed by atoms with Crippen LogP contribution in [0.3, 0.4) is 0 Å². The first-order valence-electron chi connectivity index (χ1n) is 8.64. The number of hydrogen-bond donors (Lipinski definition) is 1. The van der Waals surface area contributed by atoms with Crippen LogP contribution in [0.2, 0.25) is 0 Å². The topological polar surface area (TPSA) is 44.8 Å². The Hall–Kier alpha value is -0.600. The monoisotopic (exact) mass is 369 g/mol. The number of amides is 1. The Morgan fingerprint density at radius 3 is 3.00 bits per heavy atom. The van der Waals surface area contributed by atoms with Gasteiger partial charge in [-0.3, -0.25) is 9.69 Å². The van der Waals surface area contributed by atoms with Crippen LogP contribution in [0.5, 0.6) is 0 Å². The molecule has 2 aliphatic rings. The number of likely N-dealkylation sites (N-methyl/N-ethyl adjacent to an activating group) is 1. The summed E-state index contributed by atoms with van der Waals surface area (Å²) in [4.78, 5) is 18.3. The average molecular weight is 370 g/mol. The predicted molar refractivity (Wildman–Crippen MR) is 101 cm³/mol. The fraction of sp³-hybridized carbons (Fsp3) is 0.706. The fourth-order valence-corrected chi connectivity index (χ4v) is 5.04. The van der Waals surface area contributed by atoms with Crippen molar-refractivity contribution in [3.8, 4) is 0 Å². The Bertz CT molecular complexity index is 500. The first-order valence-corrected chi connectivity index (χ1v) is 10.7. The van der Waals surface area contributed by atoms with E-state index in [1.165, 1.54) is 4.88 Å². The molecule has 0 radical (unpaired) electrons. The van der Waals surface area contributed by atoms with Gasteiger partial charge in [-0.1, -0.05) is 6.07 Å². The summed E-state index contributed by atoms with van der Waals surface area (Å²) in [5.74, 6) is 2.43. The molecule has 2 unspecified atom stereocenters. The SMILES string of the molecule is CN(CC(c1cccs1)N1CCOCC1)C(=O)CC1CSCCN1. The molecule has 0 saturated carbocycles. The maximum Gasteiger partial charge on any atom is 0.223 e. The second-order valence-electron chi connectivity index (χ2n) is 6.38. The smallest absolute Gasteiger partial charge is 0.223 e. The van der Waals surface area contributed by atoms with E-state index in [9.17, 15) is 4.79 Å². The van der Waals surface area contributed by atoms with E-state index in [-0.39, 0.29) is 11.9 Å². The minimum Gasteiger partial charge on any atom is -0.379 e. The van der Waals surface area contributed by atoms with E-state index >= 15 is 0 Å². The van der Waals surface area contributed by atoms with Gasteiger partial charge in [-0.25, -0.2) is 0 Å². The highest BCUT2D eigenvalue weighted by atomic mass is 32.2. The number of carbonyl (C=O) groups is 1. The van der Waals surface area contributed by atoms with Crippen LogP contribution in [0, 0.1) is 0 Å². The molecule has 3 heterocycles. The second-order valence-corrected chi connectivity index (χ2v) is 8.51. The zero-order valence-electron chi connectivity index (χ0n) is 14.3. The van der Waals surface area contributed by atoms with E-state index in [0.717, 1.165) is 50.9 Å². The number of carbonyl (C=O) groups excluding carboxylic acids is 1. The number of hydrogen-bond acceptors (Lipinski definition) is 6. The fourth-order valence-electron chi connectivity index (χ4n) is 3.23. The van der Waals surface area contributed by atoms with Crippen molar-refractivity contribution in [2.45, 2.75) is 18.5 Å². The summed E-state index contributed by atoms with van der Waals surface area (Å²) in [5.41, 5.74) is 0. The Kier molecular flexibility index (Phi) is 6.97. The van der Waals surface area contributed by atoms with Gasteiger partial charge >= 0.3 is 0 Å². The molecule has 1 aromatic rings. The Balaban J connectivity index is 1.59. The van der Waals surface area contributed by atoms with Crippen molar-refractivity contribution in [3.05, 3.63) is 22.4 Å². The van der Waals surface area contributed by atoms with Gasteiger partial charge in [0, 0.05) is 62.1 Å². The van der Waals surface area contributed by atoms with Crippen molar-refractivity contribution >= 4 is 29.0 Å². The van der Waals surface area contributed by atoms with Crippen LogP contribution >= 0.6 is 23.1 Å². The highest BCUT2D eigenvalue weighted by Gasteiger charge is 2.27. The number of morpholine rings is 1. The van der Waals surface area contributed by atoms with Crippen molar-refractivity contribution < 1.29 is 9.53 Å². The summed E-state index contributed by atoms with van der Waals surface area (Å²) in [5, 5.41) is 5.57. The molecule has 3 rings (SSSR count). The standard InChI is InChI=1S/C17H27N3O2S2/c1-19(17(21)11-14-13-23-10-4-18-14)12-15(16-3-2-9-24-16)20-5-7-22-8-6-20/h2-3,9,14-15,18H,4-8,10-13H2,1H3. The van der Waals surface area contributed by atoms with Crippen LogP contribution in [-0.4, -0.2) is 79.7 Å². The number of nitrogens with one attached hydrogen (secondary N) is 1. The third-order valence-corrected chi connectivity index (χ3v) is 6.75. The van der Waals surface area contributed by atoms with Gasteiger partial charge in [-0.05, 0) is 11.4 Å². The Labute approximate surface area is 152 Å². The van der Waals surface area contributed by atoms with Crippen LogP contribution in [-0.2, 0) is 9.53 Å². The van der Waals surface area contributed by atoms with Gasteiger partial charge < -0.3 is 15.0 Å². The summed E-state index contributed by atoms with van der Waals surface area (Å²) in [6, 6.07) is 4.87. The third-order valence-electron chi connectivity index (χ3n) is 4.65. The number of rotatable bonds is 6. The molecule has 1 N–H and O–H groups in total. The van der Waals surface area contributed by atoms with E-state index in [2.05, 4.69) is 27.7 Å². The molecule has 0 spiro atoms. The van der Waals surface area contributed by atoms with Crippen LogP contribution in [0.15, 0.2) is 17.5 Å². The molecule has 7 heteroatoms. The zero-order chi connectivity index (χ0) is 16.8. The van der Waals surface area contributed by atoms with Crippen molar-refractivity contribution in [2.24, 2.45) is 0 Å². The third kappa shape index (κ3) is 4.95. The zero-order valence-corrected chi connectivity index (χ0v) is 15.9. The van der Waals surface area contributed by atoms with Crippen molar-refractivity contribution in [1.29, 1.82) is 0 Å². The normalized spacial score (nSPS) is 23.8. The molecular formula is C17H27N3O2S2. The highest BCUT2D eigenvalue weighted by Crippen LogP contribution is 2.27. The summed E-state index contributed by atoms with van der Waals surface area (Å²) in [6.07, 6.45) is 0.601. The van der Waals surface area contributed by atoms with E-state index in [1.54, 1.807) is 11.3 Å². The molecule has 1 amide bonds. The van der Waals surface area contributed by atoms with Crippen molar-refractivity contribution in [2.75, 3.05) is 57.9 Å². The van der Waals surface area contributed by atoms with Gasteiger partial charge in [-0.15, -0.1) is 11.3 Å². The maximum absolute atomic E-state index is 12.6. The molecule has 2 fully saturated rings. The first kappa shape index (κ1) is 18.2. The lowest BCUT2D eigenvalue weighted by Gasteiger charge is -2.36. The quantitative estimate of drug-likeness (QED) is 0.827. The van der Waals surface area contributed by atoms with Gasteiger partial charge in [0.1, 0.15) is 0 Å². The van der Waals surface area contributed by atoms with E-state index in [4.69, 9.17) is 4.74 Å². The summed E-state index contributed by atoms with van der Waals surface area (Å²) < 4.78 is 5.49. The lowest BCUT2D eigenvalue weighted by atomic mass is 10.1. The molecular weight excluding hydrogens is 342 g/mol. The maximum atomic E-state index is 12.6. The molecule has 0 aromatic carbocycles. The Morgan fingerprint density at radius 1 is 1.50 bits per heavy atom. The van der Waals surface area contributed by atoms with Crippen LogP contribution in [0.4, 0.5) is 0 Å². The molecule has 0 aliphatic carbocycles. The second kappa shape index (κ2) is 9.20. The Morgan fingerprint density at radius 2 is 2.33 bits per heavy atom.